The molecule has 0 saturated carbocycles. The molecule has 1 saturated heterocycles. The first-order valence-electron chi connectivity index (χ1n) is 8.27. The first-order valence-corrected chi connectivity index (χ1v) is 9.09. The van der Waals surface area contributed by atoms with E-state index in [1.807, 2.05) is 49.4 Å². The van der Waals surface area contributed by atoms with Gasteiger partial charge in [0.2, 0.25) is 0 Å². The van der Waals surface area contributed by atoms with Gasteiger partial charge in [0.25, 0.3) is 11.8 Å². The number of primary amides is 1. The predicted octanol–water partition coefficient (Wildman–Crippen LogP) is 3.09. The number of aryl methyl sites for hydroxylation is 1. The number of aliphatic imine (C=N–C) groups is 1. The Labute approximate surface area is 161 Å². The van der Waals surface area contributed by atoms with Crippen molar-refractivity contribution in [3.8, 4) is 5.75 Å². The molecule has 0 unspecified atom stereocenters. The first kappa shape index (κ1) is 18.7. The van der Waals surface area contributed by atoms with Gasteiger partial charge in [0.15, 0.2) is 11.8 Å². The largest absolute Gasteiger partial charge is 0.484 e. The van der Waals surface area contributed by atoms with Crippen molar-refractivity contribution >= 4 is 40.5 Å². The van der Waals surface area contributed by atoms with Crippen LogP contribution in [0.25, 0.3) is 6.08 Å². The van der Waals surface area contributed by atoms with Crippen molar-refractivity contribution in [1.82, 2.24) is 4.90 Å². The lowest BCUT2D eigenvalue weighted by Gasteiger charge is -2.08. The second kappa shape index (κ2) is 8.09. The second-order valence-corrected chi connectivity index (χ2v) is 6.99. The lowest BCUT2D eigenvalue weighted by Crippen LogP contribution is -2.23. The molecule has 1 heterocycles. The van der Waals surface area contributed by atoms with Crippen molar-refractivity contribution in [2.24, 2.45) is 10.7 Å². The number of amides is 2. The molecule has 0 radical (unpaired) electrons. The van der Waals surface area contributed by atoms with Gasteiger partial charge in [0.1, 0.15) is 5.75 Å². The fraction of sp³-hybridized carbons (Fsp3) is 0.150. The third-order valence-electron chi connectivity index (χ3n) is 3.89. The summed E-state index contributed by atoms with van der Waals surface area (Å²) in [6.45, 7) is 1.82. The van der Waals surface area contributed by atoms with Gasteiger partial charge in [-0.15, -0.1) is 0 Å². The summed E-state index contributed by atoms with van der Waals surface area (Å²) < 4.78 is 5.23. The van der Waals surface area contributed by atoms with E-state index < -0.39 is 5.91 Å². The van der Waals surface area contributed by atoms with Crippen molar-refractivity contribution in [3.05, 3.63) is 64.6 Å². The van der Waals surface area contributed by atoms with Gasteiger partial charge in [-0.1, -0.05) is 30.3 Å². The number of nitrogens with zero attached hydrogens (tertiary/aromatic N) is 2. The van der Waals surface area contributed by atoms with Gasteiger partial charge in [-0.25, -0.2) is 4.99 Å². The Morgan fingerprint density at radius 3 is 2.59 bits per heavy atom. The smallest absolute Gasteiger partial charge is 0.266 e. The number of hydrogen-bond donors (Lipinski definition) is 1. The van der Waals surface area contributed by atoms with E-state index in [0.29, 0.717) is 15.8 Å². The second-order valence-electron chi connectivity index (χ2n) is 5.98. The number of nitrogens with two attached hydrogens (primary N) is 1. The Kier molecular flexibility index (Phi) is 5.61. The van der Waals surface area contributed by atoms with E-state index in [9.17, 15) is 9.59 Å². The maximum Gasteiger partial charge on any atom is 0.266 e. The molecular weight excluding hydrogens is 362 g/mol. The molecule has 0 aromatic heterocycles. The molecule has 0 spiro atoms. The van der Waals surface area contributed by atoms with Crippen LogP contribution in [0.2, 0.25) is 0 Å². The molecule has 1 aliphatic rings. The zero-order valence-corrected chi connectivity index (χ0v) is 15.8. The maximum atomic E-state index is 12.5. The SMILES string of the molecule is Cc1ccccc1N=C1S/C(=C/c2ccc(OCC(N)=O)cc2)C(=O)N1C. The van der Waals surface area contributed by atoms with Crippen LogP contribution in [-0.2, 0) is 9.59 Å². The standard InChI is InChI=1S/C20H19N3O3S/c1-13-5-3-4-6-16(13)22-20-23(2)19(25)17(27-20)11-14-7-9-15(10-8-14)26-12-18(21)24/h3-11H,12H2,1-2H3,(H2,21,24)/b17-11+,22-20?. The Balaban J connectivity index is 1.78. The average Bonchev–Trinajstić information content (AvgIpc) is 2.91. The number of ether oxygens (including phenoxy) is 1. The van der Waals surface area contributed by atoms with E-state index in [0.717, 1.165) is 16.8 Å². The minimum atomic E-state index is -0.530. The van der Waals surface area contributed by atoms with Crippen molar-refractivity contribution in [2.45, 2.75) is 6.92 Å². The summed E-state index contributed by atoms with van der Waals surface area (Å²) in [5.41, 5.74) is 7.80. The van der Waals surface area contributed by atoms with Crippen LogP contribution in [0.4, 0.5) is 5.69 Å². The zero-order valence-electron chi connectivity index (χ0n) is 15.0. The molecule has 2 N–H and O–H groups in total. The molecular formula is C20H19N3O3S. The third kappa shape index (κ3) is 4.57. The zero-order chi connectivity index (χ0) is 19.4. The molecule has 2 aromatic carbocycles. The highest BCUT2D eigenvalue weighted by atomic mass is 32.2. The number of hydrogen-bond acceptors (Lipinski definition) is 5. The monoisotopic (exact) mass is 381 g/mol. The summed E-state index contributed by atoms with van der Waals surface area (Å²) in [7, 11) is 1.72. The summed E-state index contributed by atoms with van der Waals surface area (Å²) in [6, 6.07) is 14.9. The predicted molar refractivity (Wildman–Crippen MR) is 108 cm³/mol. The van der Waals surface area contributed by atoms with Gasteiger partial charge in [0, 0.05) is 7.05 Å². The Bertz CT molecular complexity index is 936. The van der Waals surface area contributed by atoms with Crippen molar-refractivity contribution in [1.29, 1.82) is 0 Å². The molecule has 7 heteroatoms. The van der Waals surface area contributed by atoms with Crippen LogP contribution in [0.3, 0.4) is 0 Å². The van der Waals surface area contributed by atoms with E-state index in [1.54, 1.807) is 24.1 Å². The van der Waals surface area contributed by atoms with E-state index in [4.69, 9.17) is 10.5 Å². The molecule has 1 fully saturated rings. The Hall–Kier alpha value is -3.06. The highest BCUT2D eigenvalue weighted by Crippen LogP contribution is 2.33. The van der Waals surface area contributed by atoms with Gasteiger partial charge in [-0.3, -0.25) is 14.5 Å². The molecule has 1 aliphatic heterocycles. The molecule has 2 aromatic rings. The van der Waals surface area contributed by atoms with Crippen LogP contribution in [0.15, 0.2) is 58.4 Å². The molecule has 138 valence electrons. The topological polar surface area (TPSA) is 85.0 Å². The van der Waals surface area contributed by atoms with Crippen LogP contribution in [-0.4, -0.2) is 35.5 Å². The first-order chi connectivity index (χ1) is 12.9. The number of thioether (sulfide) groups is 1. The van der Waals surface area contributed by atoms with E-state index in [-0.39, 0.29) is 12.5 Å². The highest BCUT2D eigenvalue weighted by molar-refractivity contribution is 8.18. The van der Waals surface area contributed by atoms with Gasteiger partial charge in [-0.05, 0) is 54.1 Å². The van der Waals surface area contributed by atoms with Crippen LogP contribution in [0.1, 0.15) is 11.1 Å². The van der Waals surface area contributed by atoms with Crippen LogP contribution >= 0.6 is 11.8 Å². The molecule has 0 bridgehead atoms. The molecule has 3 rings (SSSR count). The molecule has 6 nitrogen and oxygen atoms in total. The van der Waals surface area contributed by atoms with Gasteiger partial charge < -0.3 is 10.5 Å². The minimum Gasteiger partial charge on any atom is -0.484 e. The van der Waals surface area contributed by atoms with Crippen LogP contribution < -0.4 is 10.5 Å². The normalized spacial score (nSPS) is 17.0. The quantitative estimate of drug-likeness (QED) is 0.807. The summed E-state index contributed by atoms with van der Waals surface area (Å²) >= 11 is 1.34. The summed E-state index contributed by atoms with van der Waals surface area (Å²) in [5.74, 6) is -0.0840. The minimum absolute atomic E-state index is 0.0959. The summed E-state index contributed by atoms with van der Waals surface area (Å²) in [4.78, 5) is 30.0. The molecule has 2 amide bonds. The lowest BCUT2D eigenvalue weighted by atomic mass is 10.2. The number of rotatable bonds is 5. The number of amidine groups is 1. The summed E-state index contributed by atoms with van der Waals surface area (Å²) in [6.07, 6.45) is 1.81. The van der Waals surface area contributed by atoms with E-state index >= 15 is 0 Å². The molecule has 27 heavy (non-hydrogen) atoms. The number of benzene rings is 2. The number of para-hydroxylation sites is 1. The number of likely N-dealkylation sites (N-methyl/N-ethyl adjacent to an activating group) is 1. The fourth-order valence-corrected chi connectivity index (χ4v) is 3.39. The van der Waals surface area contributed by atoms with Gasteiger partial charge in [-0.2, -0.15) is 0 Å². The fourth-order valence-electron chi connectivity index (χ4n) is 2.41. The van der Waals surface area contributed by atoms with Gasteiger partial charge in [0.05, 0.1) is 10.6 Å². The Morgan fingerprint density at radius 1 is 1.22 bits per heavy atom. The molecule has 0 atom stereocenters. The summed E-state index contributed by atoms with van der Waals surface area (Å²) in [5, 5.41) is 0.641. The van der Waals surface area contributed by atoms with E-state index in [2.05, 4.69) is 4.99 Å². The van der Waals surface area contributed by atoms with Crippen LogP contribution in [0.5, 0.6) is 5.75 Å². The van der Waals surface area contributed by atoms with Gasteiger partial charge >= 0.3 is 0 Å². The average molecular weight is 381 g/mol. The van der Waals surface area contributed by atoms with Crippen molar-refractivity contribution in [2.75, 3.05) is 13.7 Å². The Morgan fingerprint density at radius 2 is 1.93 bits per heavy atom. The highest BCUT2D eigenvalue weighted by Gasteiger charge is 2.30. The van der Waals surface area contributed by atoms with Crippen molar-refractivity contribution in [3.63, 3.8) is 0 Å². The number of carbonyl (C=O) groups excluding carboxylic acids is 2. The number of carbonyl (C=O) groups is 2. The maximum absolute atomic E-state index is 12.5. The molecule has 0 aliphatic carbocycles. The third-order valence-corrected chi connectivity index (χ3v) is 4.95. The lowest BCUT2D eigenvalue weighted by molar-refractivity contribution is -0.121. The van der Waals surface area contributed by atoms with Crippen molar-refractivity contribution < 1.29 is 14.3 Å². The van der Waals surface area contributed by atoms with E-state index in [1.165, 1.54) is 11.8 Å². The van der Waals surface area contributed by atoms with Crippen LogP contribution in [0, 0.1) is 6.92 Å².